The SMILES string of the molecule is CC[Si](CC)(CC)O[Si](CC)(CC)S[Si](CC)(CC)O[Si](CC)(CC)CC. The molecule has 27 heavy (non-hydrogen) atoms. The fraction of sp³-hybridized carbons (Fsp3) is 1.00. The van der Waals surface area contributed by atoms with Gasteiger partial charge in [0.2, 0.25) is 14.9 Å². The van der Waals surface area contributed by atoms with Crippen LogP contribution in [0.25, 0.3) is 0 Å². The standard InChI is InChI=1S/C20H50O2SSi4/c1-11-24(12-2,13-3)21-26(17-7,18-8)23-27(19-9,20-10)22-25(14-4,15-5)16-6/h11-20H2,1-10H3. The average Bonchev–Trinajstić information content (AvgIpc) is 2.74. The van der Waals surface area contributed by atoms with Crippen molar-refractivity contribution in [2.75, 3.05) is 0 Å². The van der Waals surface area contributed by atoms with Crippen LogP contribution < -0.4 is 0 Å². The van der Waals surface area contributed by atoms with Gasteiger partial charge in [0.1, 0.15) is 0 Å². The van der Waals surface area contributed by atoms with Gasteiger partial charge in [-0.25, -0.2) is 0 Å². The minimum absolute atomic E-state index is 1.24. The summed E-state index contributed by atoms with van der Waals surface area (Å²) in [6, 6.07) is 12.5. The second-order valence-electron chi connectivity index (χ2n) is 8.03. The summed E-state index contributed by atoms with van der Waals surface area (Å²) in [5, 5.41) is 0. The van der Waals surface area contributed by atoms with Gasteiger partial charge in [-0.15, -0.1) is 0 Å². The van der Waals surface area contributed by atoms with E-state index in [0.29, 0.717) is 0 Å². The molecule has 0 spiro atoms. The van der Waals surface area contributed by atoms with E-state index >= 15 is 0 Å². The first-order valence-corrected chi connectivity index (χ1v) is 23.8. The molecule has 2 nitrogen and oxygen atoms in total. The summed E-state index contributed by atoms with van der Waals surface area (Å²) in [6.45, 7) is 23.8. The maximum atomic E-state index is 7.36. The van der Waals surface area contributed by atoms with Crippen LogP contribution in [0, 0.1) is 0 Å². The van der Waals surface area contributed by atoms with Gasteiger partial charge in [0, 0.05) is 0 Å². The Labute approximate surface area is 179 Å². The Morgan fingerprint density at radius 2 is 0.630 bits per heavy atom. The number of hydrogen-bond acceptors (Lipinski definition) is 3. The van der Waals surface area contributed by atoms with Crippen molar-refractivity contribution in [1.29, 1.82) is 0 Å². The van der Waals surface area contributed by atoms with Gasteiger partial charge in [0.25, 0.3) is 0 Å². The first-order chi connectivity index (χ1) is 12.7. The summed E-state index contributed by atoms with van der Waals surface area (Å²) in [5.74, 6) is 0. The van der Waals surface area contributed by atoms with Crippen LogP contribution in [0.2, 0.25) is 60.4 Å². The molecule has 0 aromatic rings. The second-order valence-corrected chi connectivity index (χ2v) is 32.2. The van der Waals surface area contributed by atoms with Crippen molar-refractivity contribution in [2.24, 2.45) is 0 Å². The summed E-state index contributed by atoms with van der Waals surface area (Å²) < 4.78 is 14.7. The van der Waals surface area contributed by atoms with E-state index in [1.54, 1.807) is 0 Å². The second kappa shape index (κ2) is 12.7. The normalized spacial score (nSPS) is 14.0. The zero-order valence-corrected chi connectivity index (χ0v) is 25.1. The maximum absolute atomic E-state index is 7.36. The lowest BCUT2D eigenvalue weighted by atomic mass is 10.9. The van der Waals surface area contributed by atoms with Crippen LogP contribution in [0.15, 0.2) is 0 Å². The van der Waals surface area contributed by atoms with Crippen LogP contribution in [0.3, 0.4) is 0 Å². The number of hydrogen-bond donors (Lipinski definition) is 0. The molecule has 0 aromatic carbocycles. The summed E-state index contributed by atoms with van der Waals surface area (Å²) >= 11 is 0. The highest BCUT2D eigenvalue weighted by Crippen LogP contribution is 2.46. The van der Waals surface area contributed by atoms with Crippen molar-refractivity contribution in [2.45, 2.75) is 130 Å². The third kappa shape index (κ3) is 7.10. The zero-order valence-electron chi connectivity index (χ0n) is 20.3. The Balaban J connectivity index is 5.93. The van der Waals surface area contributed by atoms with Gasteiger partial charge < -0.3 is 8.23 Å². The molecule has 0 atom stereocenters. The van der Waals surface area contributed by atoms with Crippen LogP contribution in [-0.4, -0.2) is 31.6 Å². The molecule has 7 heteroatoms. The highest BCUT2D eigenvalue weighted by molar-refractivity contribution is 8.49. The van der Waals surface area contributed by atoms with Crippen molar-refractivity contribution >= 4 is 42.2 Å². The van der Waals surface area contributed by atoms with E-state index in [1.165, 1.54) is 60.4 Å². The molecule has 0 aromatic heterocycles. The van der Waals surface area contributed by atoms with Crippen LogP contribution in [-0.2, 0) is 8.23 Å². The Kier molecular flexibility index (Phi) is 13.3. The molecular weight excluding hydrogens is 417 g/mol. The first kappa shape index (κ1) is 28.1. The van der Waals surface area contributed by atoms with E-state index in [4.69, 9.17) is 8.23 Å². The predicted octanol–water partition coefficient (Wildman–Crippen LogP) is 8.73. The maximum Gasteiger partial charge on any atom is 0.239 e. The smallest absolute Gasteiger partial charge is 0.239 e. The van der Waals surface area contributed by atoms with Crippen LogP contribution in [0.4, 0.5) is 0 Å². The van der Waals surface area contributed by atoms with Crippen molar-refractivity contribution in [3.63, 3.8) is 0 Å². The van der Waals surface area contributed by atoms with Gasteiger partial charge in [0.05, 0.1) is 0 Å². The molecule has 0 aliphatic rings. The highest BCUT2D eigenvalue weighted by Gasteiger charge is 2.50. The third-order valence-electron chi connectivity index (χ3n) is 7.20. The predicted molar refractivity (Wildman–Crippen MR) is 138 cm³/mol. The molecule has 0 saturated heterocycles. The quantitative estimate of drug-likeness (QED) is 0.212. The van der Waals surface area contributed by atoms with Crippen molar-refractivity contribution in [3.05, 3.63) is 0 Å². The summed E-state index contributed by atoms with van der Waals surface area (Å²) in [6.07, 6.45) is 0. The summed E-state index contributed by atoms with van der Waals surface area (Å²) in [4.78, 5) is 0. The summed E-state index contributed by atoms with van der Waals surface area (Å²) in [7, 11) is -4.48. The molecule has 0 amide bonds. The van der Waals surface area contributed by atoms with Crippen LogP contribution in [0.5, 0.6) is 0 Å². The lowest BCUT2D eigenvalue weighted by Crippen LogP contribution is -2.55. The Bertz CT molecular complexity index is 341. The molecule has 164 valence electrons. The van der Waals surface area contributed by atoms with E-state index in [9.17, 15) is 0 Å². The lowest BCUT2D eigenvalue weighted by molar-refractivity contribution is 0.527. The van der Waals surface area contributed by atoms with E-state index in [2.05, 4.69) is 79.9 Å². The fourth-order valence-corrected chi connectivity index (χ4v) is 43.1. The molecule has 0 saturated carbocycles. The van der Waals surface area contributed by atoms with Crippen LogP contribution >= 0.6 is 10.7 Å². The Morgan fingerprint density at radius 1 is 0.407 bits per heavy atom. The van der Waals surface area contributed by atoms with Gasteiger partial charge in [0.15, 0.2) is 16.6 Å². The third-order valence-corrected chi connectivity index (χ3v) is 40.3. The first-order valence-electron chi connectivity index (χ1n) is 11.8. The molecule has 0 radical (unpaired) electrons. The molecule has 0 heterocycles. The lowest BCUT2D eigenvalue weighted by Gasteiger charge is -2.47. The van der Waals surface area contributed by atoms with Gasteiger partial charge in [-0.05, 0) is 60.4 Å². The van der Waals surface area contributed by atoms with Gasteiger partial charge in [-0.3, -0.25) is 0 Å². The topological polar surface area (TPSA) is 18.5 Å². The molecule has 0 aliphatic heterocycles. The van der Waals surface area contributed by atoms with E-state index < -0.39 is 31.6 Å². The Morgan fingerprint density at radius 3 is 0.778 bits per heavy atom. The fourth-order valence-electron chi connectivity index (χ4n) is 4.18. The van der Waals surface area contributed by atoms with Gasteiger partial charge in [-0.2, -0.15) is 10.7 Å². The van der Waals surface area contributed by atoms with E-state index in [0.717, 1.165) is 0 Å². The van der Waals surface area contributed by atoms with Gasteiger partial charge >= 0.3 is 0 Å². The van der Waals surface area contributed by atoms with E-state index in [1.807, 2.05) is 0 Å². The largest absolute Gasteiger partial charge is 0.448 e. The van der Waals surface area contributed by atoms with E-state index in [-0.39, 0.29) is 0 Å². The van der Waals surface area contributed by atoms with Crippen molar-refractivity contribution in [3.8, 4) is 0 Å². The average molecular weight is 467 g/mol. The van der Waals surface area contributed by atoms with Crippen molar-refractivity contribution < 1.29 is 8.23 Å². The minimum atomic E-state index is -1.82. The van der Waals surface area contributed by atoms with Gasteiger partial charge in [-0.1, -0.05) is 69.2 Å². The molecule has 0 unspecified atom stereocenters. The highest BCUT2D eigenvalue weighted by atomic mass is 32.5. The molecule has 0 N–H and O–H groups in total. The van der Waals surface area contributed by atoms with Crippen LogP contribution in [0.1, 0.15) is 69.2 Å². The monoisotopic (exact) mass is 466 g/mol. The molecule has 0 bridgehead atoms. The van der Waals surface area contributed by atoms with Crippen molar-refractivity contribution in [1.82, 2.24) is 0 Å². The minimum Gasteiger partial charge on any atom is -0.448 e. The number of rotatable bonds is 16. The molecule has 0 rings (SSSR count). The molecule has 0 fully saturated rings. The molecular formula is C20H50O2SSi4. The Hall–Kier alpha value is 1.14. The zero-order chi connectivity index (χ0) is 21.2. The summed E-state index contributed by atoms with van der Waals surface area (Å²) in [5.41, 5.74) is 0. The molecule has 0 aliphatic carbocycles.